The van der Waals surface area contributed by atoms with Crippen LogP contribution in [0.15, 0.2) is 6.33 Å². The molecule has 0 spiro atoms. The molecule has 0 atom stereocenters. The second kappa shape index (κ2) is 5.48. The maximum atomic E-state index is 12.3. The van der Waals surface area contributed by atoms with Crippen molar-refractivity contribution in [2.24, 2.45) is 18.2 Å². The predicted molar refractivity (Wildman–Crippen MR) is 67.4 cm³/mol. The molecular weight excluding hydrogens is 230 g/mol. The van der Waals surface area contributed by atoms with Gasteiger partial charge in [0.1, 0.15) is 6.33 Å². The highest BCUT2D eigenvalue weighted by atomic mass is 16.2. The number of hydrogen-bond acceptors (Lipinski definition) is 4. The molecule has 0 aliphatic heterocycles. The van der Waals surface area contributed by atoms with Crippen molar-refractivity contribution in [2.45, 2.75) is 38.6 Å². The molecule has 0 unspecified atom stereocenters. The van der Waals surface area contributed by atoms with Gasteiger partial charge in [-0.15, -0.1) is 0 Å². The molecule has 1 aliphatic carbocycles. The smallest absolute Gasteiger partial charge is 0.227 e. The summed E-state index contributed by atoms with van der Waals surface area (Å²) in [5.41, 5.74) is 5.45. The molecule has 1 amide bonds. The van der Waals surface area contributed by atoms with Crippen LogP contribution in [0.3, 0.4) is 0 Å². The van der Waals surface area contributed by atoms with E-state index in [1.807, 2.05) is 0 Å². The molecule has 1 aliphatic rings. The van der Waals surface area contributed by atoms with Gasteiger partial charge in [0, 0.05) is 13.6 Å². The summed E-state index contributed by atoms with van der Waals surface area (Å²) in [6.45, 7) is 0.801. The van der Waals surface area contributed by atoms with Crippen LogP contribution < -0.4 is 11.1 Å². The van der Waals surface area contributed by atoms with E-state index in [2.05, 4.69) is 15.4 Å². The van der Waals surface area contributed by atoms with Gasteiger partial charge in [0.25, 0.3) is 0 Å². The second-order valence-corrected chi connectivity index (χ2v) is 5.06. The van der Waals surface area contributed by atoms with Gasteiger partial charge in [0.15, 0.2) is 5.82 Å². The predicted octanol–water partition coefficient (Wildman–Crippen LogP) is 0.341. The number of nitrogens with zero attached hydrogens (tertiary/aromatic N) is 3. The normalized spacial score (nSPS) is 18.6. The Balaban J connectivity index is 1.93. The summed E-state index contributed by atoms with van der Waals surface area (Å²) >= 11 is 0. The molecule has 1 fully saturated rings. The highest BCUT2D eigenvalue weighted by Crippen LogP contribution is 2.35. The van der Waals surface area contributed by atoms with Crippen LogP contribution in [0.5, 0.6) is 0 Å². The molecule has 100 valence electrons. The van der Waals surface area contributed by atoms with Crippen LogP contribution in [0.2, 0.25) is 0 Å². The lowest BCUT2D eigenvalue weighted by Crippen LogP contribution is -2.47. The second-order valence-electron chi connectivity index (χ2n) is 5.06. The third-order valence-electron chi connectivity index (χ3n) is 3.74. The van der Waals surface area contributed by atoms with Gasteiger partial charge in [0.2, 0.25) is 5.91 Å². The van der Waals surface area contributed by atoms with Crippen molar-refractivity contribution in [3.05, 3.63) is 12.2 Å². The van der Waals surface area contributed by atoms with Crippen LogP contribution in [0.1, 0.15) is 37.9 Å². The number of carbonyl (C=O) groups excluding carboxylic acids is 1. The maximum absolute atomic E-state index is 12.3. The van der Waals surface area contributed by atoms with Gasteiger partial charge in [-0.2, -0.15) is 5.10 Å². The molecule has 1 saturated carbocycles. The van der Waals surface area contributed by atoms with Crippen molar-refractivity contribution >= 4 is 5.91 Å². The Kier molecular flexibility index (Phi) is 3.96. The molecular formula is C12H21N5O. The van der Waals surface area contributed by atoms with E-state index < -0.39 is 0 Å². The minimum Gasteiger partial charge on any atom is -0.348 e. The Morgan fingerprint density at radius 2 is 2.22 bits per heavy atom. The Morgan fingerprint density at radius 1 is 1.50 bits per heavy atom. The number of aromatic nitrogens is 3. The Morgan fingerprint density at radius 3 is 2.78 bits per heavy atom. The zero-order valence-electron chi connectivity index (χ0n) is 10.9. The summed E-state index contributed by atoms with van der Waals surface area (Å²) < 4.78 is 1.63. The van der Waals surface area contributed by atoms with Crippen molar-refractivity contribution in [1.82, 2.24) is 20.1 Å². The maximum Gasteiger partial charge on any atom is 0.227 e. The zero-order valence-corrected chi connectivity index (χ0v) is 10.9. The fraction of sp³-hybridized carbons (Fsp3) is 0.750. The van der Waals surface area contributed by atoms with E-state index in [0.29, 0.717) is 18.9 Å². The Labute approximate surface area is 107 Å². The minimum absolute atomic E-state index is 0.0529. The molecule has 3 N–H and O–H groups in total. The zero-order chi connectivity index (χ0) is 13.0. The molecule has 0 bridgehead atoms. The van der Waals surface area contributed by atoms with E-state index in [1.165, 1.54) is 6.42 Å². The molecule has 18 heavy (non-hydrogen) atoms. The van der Waals surface area contributed by atoms with Crippen molar-refractivity contribution in [3.63, 3.8) is 0 Å². The van der Waals surface area contributed by atoms with Crippen molar-refractivity contribution in [1.29, 1.82) is 0 Å². The SMILES string of the molecule is Cn1cnc(CNC(=O)C2(CN)CCCCC2)n1. The van der Waals surface area contributed by atoms with Crippen molar-refractivity contribution in [3.8, 4) is 0 Å². The number of amides is 1. The first kappa shape index (κ1) is 13.0. The Hall–Kier alpha value is -1.43. The quantitative estimate of drug-likeness (QED) is 0.808. The summed E-state index contributed by atoms with van der Waals surface area (Å²) in [5, 5.41) is 7.05. The summed E-state index contributed by atoms with van der Waals surface area (Å²) in [4.78, 5) is 16.4. The molecule has 0 saturated heterocycles. The van der Waals surface area contributed by atoms with Crippen LogP contribution in [0, 0.1) is 5.41 Å². The van der Waals surface area contributed by atoms with Crippen LogP contribution >= 0.6 is 0 Å². The molecule has 1 aromatic heterocycles. The lowest BCUT2D eigenvalue weighted by molar-refractivity contribution is -0.132. The van der Waals surface area contributed by atoms with E-state index in [0.717, 1.165) is 25.7 Å². The largest absolute Gasteiger partial charge is 0.348 e. The van der Waals surface area contributed by atoms with Gasteiger partial charge in [-0.1, -0.05) is 19.3 Å². The van der Waals surface area contributed by atoms with E-state index in [4.69, 9.17) is 5.73 Å². The topological polar surface area (TPSA) is 85.8 Å². The summed E-state index contributed by atoms with van der Waals surface area (Å²) in [5.74, 6) is 0.686. The number of nitrogens with two attached hydrogens (primary N) is 1. The first-order valence-corrected chi connectivity index (χ1v) is 6.49. The monoisotopic (exact) mass is 251 g/mol. The van der Waals surface area contributed by atoms with E-state index in [-0.39, 0.29) is 11.3 Å². The molecule has 2 rings (SSSR count). The van der Waals surface area contributed by atoms with Crippen LogP contribution in [0.25, 0.3) is 0 Å². The molecule has 0 aromatic carbocycles. The number of carbonyl (C=O) groups is 1. The minimum atomic E-state index is -0.368. The third-order valence-corrected chi connectivity index (χ3v) is 3.74. The van der Waals surface area contributed by atoms with E-state index in [1.54, 1.807) is 18.1 Å². The first-order chi connectivity index (χ1) is 8.66. The van der Waals surface area contributed by atoms with Gasteiger partial charge in [0.05, 0.1) is 12.0 Å². The van der Waals surface area contributed by atoms with Gasteiger partial charge in [-0.3, -0.25) is 9.48 Å². The number of aryl methyl sites for hydroxylation is 1. The van der Waals surface area contributed by atoms with Crippen LogP contribution in [-0.4, -0.2) is 27.2 Å². The molecule has 1 aromatic rings. The fourth-order valence-electron chi connectivity index (χ4n) is 2.56. The lowest BCUT2D eigenvalue weighted by Gasteiger charge is -2.34. The fourth-order valence-corrected chi connectivity index (χ4v) is 2.56. The number of nitrogens with one attached hydrogen (secondary N) is 1. The Bertz CT molecular complexity index is 408. The van der Waals surface area contributed by atoms with Crippen LogP contribution in [0.4, 0.5) is 0 Å². The molecule has 6 heteroatoms. The molecule has 6 nitrogen and oxygen atoms in total. The highest BCUT2D eigenvalue weighted by molar-refractivity contribution is 5.82. The average Bonchev–Trinajstić information content (AvgIpc) is 2.82. The summed E-state index contributed by atoms with van der Waals surface area (Å²) in [6, 6.07) is 0. The van der Waals surface area contributed by atoms with Crippen LogP contribution in [-0.2, 0) is 18.4 Å². The van der Waals surface area contributed by atoms with Gasteiger partial charge < -0.3 is 11.1 Å². The lowest BCUT2D eigenvalue weighted by atomic mass is 9.73. The van der Waals surface area contributed by atoms with Gasteiger partial charge in [-0.05, 0) is 12.8 Å². The first-order valence-electron chi connectivity index (χ1n) is 6.49. The molecule has 1 heterocycles. The van der Waals surface area contributed by atoms with Gasteiger partial charge >= 0.3 is 0 Å². The van der Waals surface area contributed by atoms with E-state index >= 15 is 0 Å². The summed E-state index contributed by atoms with van der Waals surface area (Å²) in [6.07, 6.45) is 6.80. The number of hydrogen-bond donors (Lipinski definition) is 2. The third kappa shape index (κ3) is 2.69. The molecule has 0 radical (unpaired) electrons. The average molecular weight is 251 g/mol. The van der Waals surface area contributed by atoms with Crippen molar-refractivity contribution in [2.75, 3.05) is 6.54 Å². The summed E-state index contributed by atoms with van der Waals surface area (Å²) in [7, 11) is 1.81. The van der Waals surface area contributed by atoms with Gasteiger partial charge in [-0.25, -0.2) is 4.98 Å². The number of rotatable bonds is 4. The van der Waals surface area contributed by atoms with E-state index in [9.17, 15) is 4.79 Å². The van der Waals surface area contributed by atoms with Crippen molar-refractivity contribution < 1.29 is 4.79 Å². The standard InChI is InChI=1S/C12H21N5O/c1-17-9-15-10(16-17)7-14-11(18)12(8-13)5-3-2-4-6-12/h9H,2-8,13H2,1H3,(H,14,18). The highest BCUT2D eigenvalue weighted by Gasteiger charge is 2.37.